The molecule has 0 heterocycles. The molecule has 5 nitrogen and oxygen atoms in total. The van der Waals surface area contributed by atoms with Crippen molar-refractivity contribution in [1.82, 2.24) is 5.32 Å². The summed E-state index contributed by atoms with van der Waals surface area (Å²) < 4.78 is 9.95. The molecule has 0 amide bonds. The van der Waals surface area contributed by atoms with Gasteiger partial charge in [0.15, 0.2) is 0 Å². The van der Waals surface area contributed by atoms with Crippen molar-refractivity contribution < 1.29 is 19.7 Å². The van der Waals surface area contributed by atoms with Gasteiger partial charge in [-0.05, 0) is 0 Å². The van der Waals surface area contributed by atoms with Crippen molar-refractivity contribution >= 4 is 0 Å². The number of aliphatic hydroxyl groups excluding tert-OH is 2. The van der Waals surface area contributed by atoms with Crippen molar-refractivity contribution in [2.45, 2.75) is 6.04 Å². The Bertz CT molecular complexity index is 98.1. The normalized spacial score (nSPS) is 11.1. The third-order valence-corrected chi connectivity index (χ3v) is 1.55. The molecule has 0 aromatic rings. The van der Waals surface area contributed by atoms with Crippen LogP contribution in [0.3, 0.4) is 0 Å². The minimum absolute atomic E-state index is 0.0609. The average molecular weight is 193 g/mol. The molecular formula is C8H19NO4. The summed E-state index contributed by atoms with van der Waals surface area (Å²) in [5.41, 5.74) is 0. The minimum atomic E-state index is -0.244. The van der Waals surface area contributed by atoms with Gasteiger partial charge < -0.3 is 25.0 Å². The van der Waals surface area contributed by atoms with E-state index in [1.807, 2.05) is 0 Å². The minimum Gasteiger partial charge on any atom is -0.395 e. The van der Waals surface area contributed by atoms with Crippen molar-refractivity contribution in [3.05, 3.63) is 0 Å². The van der Waals surface area contributed by atoms with E-state index in [2.05, 4.69) is 5.32 Å². The zero-order chi connectivity index (χ0) is 9.94. The van der Waals surface area contributed by atoms with E-state index in [4.69, 9.17) is 19.7 Å². The third-order valence-electron chi connectivity index (χ3n) is 1.55. The van der Waals surface area contributed by atoms with Crippen LogP contribution in [0.15, 0.2) is 0 Å². The fourth-order valence-electron chi connectivity index (χ4n) is 0.766. The molecule has 3 N–H and O–H groups in total. The highest BCUT2D eigenvalue weighted by Crippen LogP contribution is 1.80. The summed E-state index contributed by atoms with van der Waals surface area (Å²) in [4.78, 5) is 0. The highest BCUT2D eigenvalue weighted by molar-refractivity contribution is 4.62. The Morgan fingerprint density at radius 2 is 1.85 bits per heavy atom. The van der Waals surface area contributed by atoms with Gasteiger partial charge in [0.05, 0.1) is 39.1 Å². The van der Waals surface area contributed by atoms with Gasteiger partial charge in [-0.25, -0.2) is 0 Å². The largest absolute Gasteiger partial charge is 0.395 e. The zero-order valence-corrected chi connectivity index (χ0v) is 8.03. The van der Waals surface area contributed by atoms with Gasteiger partial charge in [-0.3, -0.25) is 0 Å². The molecule has 0 aromatic heterocycles. The maximum absolute atomic E-state index is 8.68. The predicted octanol–water partition coefficient (Wildman–Crippen LogP) is -1.41. The molecule has 0 atom stereocenters. The topological polar surface area (TPSA) is 71.0 Å². The van der Waals surface area contributed by atoms with Crippen molar-refractivity contribution in [2.24, 2.45) is 0 Å². The first kappa shape index (κ1) is 12.8. The van der Waals surface area contributed by atoms with E-state index in [0.29, 0.717) is 26.4 Å². The molecule has 0 radical (unpaired) electrons. The number of nitrogens with one attached hydrogen (secondary N) is 1. The number of ether oxygens (including phenoxy) is 2. The highest BCUT2D eigenvalue weighted by atomic mass is 16.5. The molecule has 0 aliphatic carbocycles. The van der Waals surface area contributed by atoms with Crippen LogP contribution in [0.4, 0.5) is 0 Å². The zero-order valence-electron chi connectivity index (χ0n) is 8.03. The van der Waals surface area contributed by atoms with Crippen molar-refractivity contribution in [2.75, 3.05) is 46.7 Å². The highest BCUT2D eigenvalue weighted by Gasteiger charge is 2.02. The molecule has 0 aliphatic rings. The van der Waals surface area contributed by atoms with Gasteiger partial charge in [0.25, 0.3) is 0 Å². The van der Waals surface area contributed by atoms with E-state index in [1.54, 1.807) is 7.11 Å². The Morgan fingerprint density at radius 1 is 1.15 bits per heavy atom. The van der Waals surface area contributed by atoms with E-state index in [0.717, 1.165) is 0 Å². The average Bonchev–Trinajstić information content (AvgIpc) is 2.17. The lowest BCUT2D eigenvalue weighted by Gasteiger charge is -2.12. The van der Waals surface area contributed by atoms with Crippen LogP contribution in [0.5, 0.6) is 0 Å². The lowest BCUT2D eigenvalue weighted by atomic mass is 10.3. The second-order valence-corrected chi connectivity index (χ2v) is 2.62. The summed E-state index contributed by atoms with van der Waals surface area (Å²) in [5.74, 6) is 0. The van der Waals surface area contributed by atoms with Gasteiger partial charge in [-0.1, -0.05) is 0 Å². The Morgan fingerprint density at radius 3 is 2.38 bits per heavy atom. The quantitative estimate of drug-likeness (QED) is 0.393. The number of aliphatic hydroxyl groups is 2. The summed E-state index contributed by atoms with van der Waals surface area (Å²) in [6.07, 6.45) is 0. The van der Waals surface area contributed by atoms with Crippen LogP contribution < -0.4 is 5.32 Å². The molecule has 0 saturated carbocycles. The van der Waals surface area contributed by atoms with Gasteiger partial charge >= 0.3 is 0 Å². The van der Waals surface area contributed by atoms with E-state index in [1.165, 1.54) is 0 Å². The van der Waals surface area contributed by atoms with Crippen molar-refractivity contribution in [3.8, 4) is 0 Å². The fourth-order valence-corrected chi connectivity index (χ4v) is 0.766. The molecule has 0 unspecified atom stereocenters. The lowest BCUT2D eigenvalue weighted by Crippen LogP contribution is -2.37. The van der Waals surface area contributed by atoms with Crippen LogP contribution in [-0.4, -0.2) is 62.9 Å². The van der Waals surface area contributed by atoms with E-state index < -0.39 is 0 Å². The first-order valence-corrected chi connectivity index (χ1v) is 4.37. The van der Waals surface area contributed by atoms with Gasteiger partial charge in [0.1, 0.15) is 0 Å². The third kappa shape index (κ3) is 8.14. The van der Waals surface area contributed by atoms with E-state index in [-0.39, 0.29) is 19.3 Å². The van der Waals surface area contributed by atoms with Gasteiger partial charge in [0.2, 0.25) is 0 Å². The SMILES string of the molecule is COCCOCCNC(CO)CO. The molecule has 0 saturated heterocycles. The Labute approximate surface area is 78.7 Å². The van der Waals surface area contributed by atoms with E-state index >= 15 is 0 Å². The molecule has 0 fully saturated rings. The summed E-state index contributed by atoms with van der Waals surface area (Å²) in [6.45, 7) is 2.21. The van der Waals surface area contributed by atoms with Gasteiger partial charge in [0, 0.05) is 13.7 Å². The second-order valence-electron chi connectivity index (χ2n) is 2.62. The molecule has 5 heteroatoms. The first-order valence-electron chi connectivity index (χ1n) is 4.37. The monoisotopic (exact) mass is 193 g/mol. The molecule has 0 bridgehead atoms. The number of rotatable bonds is 9. The maximum atomic E-state index is 8.68. The molecule has 13 heavy (non-hydrogen) atoms. The molecule has 80 valence electrons. The fraction of sp³-hybridized carbons (Fsp3) is 1.00. The van der Waals surface area contributed by atoms with Crippen LogP contribution in [0.25, 0.3) is 0 Å². The summed E-state index contributed by atoms with van der Waals surface area (Å²) in [7, 11) is 1.62. The maximum Gasteiger partial charge on any atom is 0.0700 e. The lowest BCUT2D eigenvalue weighted by molar-refractivity contribution is 0.0682. The van der Waals surface area contributed by atoms with Crippen molar-refractivity contribution in [3.63, 3.8) is 0 Å². The molecule has 0 rings (SSSR count). The number of hydrogen-bond acceptors (Lipinski definition) is 5. The van der Waals surface area contributed by atoms with Crippen LogP contribution in [0, 0.1) is 0 Å². The Hall–Kier alpha value is -0.200. The van der Waals surface area contributed by atoms with Gasteiger partial charge in [-0.15, -0.1) is 0 Å². The second kappa shape index (κ2) is 9.88. The van der Waals surface area contributed by atoms with Crippen molar-refractivity contribution in [1.29, 1.82) is 0 Å². The van der Waals surface area contributed by atoms with Crippen LogP contribution in [-0.2, 0) is 9.47 Å². The molecule has 0 aromatic carbocycles. The smallest absolute Gasteiger partial charge is 0.0700 e. The summed E-state index contributed by atoms with van der Waals surface area (Å²) >= 11 is 0. The van der Waals surface area contributed by atoms with Gasteiger partial charge in [-0.2, -0.15) is 0 Å². The molecular weight excluding hydrogens is 174 g/mol. The number of hydrogen-bond donors (Lipinski definition) is 3. The van der Waals surface area contributed by atoms with E-state index in [9.17, 15) is 0 Å². The van der Waals surface area contributed by atoms with Crippen LogP contribution in [0.1, 0.15) is 0 Å². The predicted molar refractivity (Wildman–Crippen MR) is 48.7 cm³/mol. The Balaban J connectivity index is 3.05. The first-order chi connectivity index (χ1) is 6.35. The number of methoxy groups -OCH3 is 1. The molecule has 0 spiro atoms. The molecule has 0 aliphatic heterocycles. The summed E-state index contributed by atoms with van der Waals surface area (Å²) in [6, 6.07) is -0.244. The standard InChI is InChI=1S/C8H19NO4/c1-12-4-5-13-3-2-9-8(6-10)7-11/h8-11H,2-7H2,1H3. The van der Waals surface area contributed by atoms with Crippen LogP contribution >= 0.6 is 0 Å². The Kier molecular flexibility index (Phi) is 9.73. The van der Waals surface area contributed by atoms with Crippen LogP contribution in [0.2, 0.25) is 0 Å². The summed E-state index contributed by atoms with van der Waals surface area (Å²) in [5, 5.41) is 20.3.